The molecule has 1 aromatic rings. The van der Waals surface area contributed by atoms with Crippen molar-refractivity contribution < 1.29 is 4.79 Å². The van der Waals surface area contributed by atoms with Gasteiger partial charge in [-0.2, -0.15) is 0 Å². The summed E-state index contributed by atoms with van der Waals surface area (Å²) in [5.74, 6) is 0.0248. The molecule has 1 aliphatic rings. The van der Waals surface area contributed by atoms with Gasteiger partial charge in [0, 0.05) is 12.4 Å². The Morgan fingerprint density at radius 3 is 2.73 bits per heavy atom. The quantitative estimate of drug-likeness (QED) is 0.746. The van der Waals surface area contributed by atoms with Crippen LogP contribution in [-0.2, 0) is 11.3 Å². The summed E-state index contributed by atoms with van der Waals surface area (Å²) in [5, 5.41) is 3.43. The molecule has 0 bridgehead atoms. The van der Waals surface area contributed by atoms with Gasteiger partial charge in [-0.25, -0.2) is 0 Å². The van der Waals surface area contributed by atoms with Crippen molar-refractivity contribution in [3.05, 3.63) is 30.1 Å². The molecular formula is C10H11N3OS. The first-order chi connectivity index (χ1) is 7.18. The van der Waals surface area contributed by atoms with Crippen molar-refractivity contribution in [1.82, 2.24) is 15.2 Å². The molecule has 0 aromatic carbocycles. The summed E-state index contributed by atoms with van der Waals surface area (Å²) < 4.78 is 0. The number of hydrogen-bond donors (Lipinski definition) is 1. The first kappa shape index (κ1) is 10.0. The summed E-state index contributed by atoms with van der Waals surface area (Å²) in [6.07, 6.45) is 3.41. The zero-order chi connectivity index (χ0) is 10.8. The molecule has 1 atom stereocenters. The van der Waals surface area contributed by atoms with E-state index in [-0.39, 0.29) is 11.9 Å². The number of rotatable bonds is 2. The molecule has 1 fully saturated rings. The lowest BCUT2D eigenvalue weighted by atomic mass is 10.2. The molecule has 1 N–H and O–H groups in total. The maximum Gasteiger partial charge on any atom is 0.251 e. The standard InChI is InChI=1S/C10H11N3OS/c1-7-9(14)13(10(15)12-7)6-8-2-4-11-5-3-8/h2-5,7H,6H2,1H3,(H,12,15). The van der Waals surface area contributed by atoms with Crippen LogP contribution in [0.15, 0.2) is 24.5 Å². The molecule has 0 aliphatic carbocycles. The highest BCUT2D eigenvalue weighted by molar-refractivity contribution is 7.80. The number of nitrogens with one attached hydrogen (secondary N) is 1. The lowest BCUT2D eigenvalue weighted by Gasteiger charge is -2.14. The van der Waals surface area contributed by atoms with Crippen LogP contribution in [0.4, 0.5) is 0 Å². The van der Waals surface area contributed by atoms with Crippen molar-refractivity contribution in [3.8, 4) is 0 Å². The molecule has 1 saturated heterocycles. The number of carbonyl (C=O) groups excluding carboxylic acids is 1. The lowest BCUT2D eigenvalue weighted by molar-refractivity contribution is -0.127. The number of amides is 1. The summed E-state index contributed by atoms with van der Waals surface area (Å²) in [5.41, 5.74) is 1.02. The minimum atomic E-state index is -0.209. The minimum Gasteiger partial charge on any atom is -0.351 e. The Bertz CT molecular complexity index is 393. The van der Waals surface area contributed by atoms with Crippen molar-refractivity contribution in [2.45, 2.75) is 19.5 Å². The fourth-order valence-corrected chi connectivity index (χ4v) is 1.81. The van der Waals surface area contributed by atoms with E-state index in [9.17, 15) is 4.79 Å². The topological polar surface area (TPSA) is 45.2 Å². The van der Waals surface area contributed by atoms with Crippen molar-refractivity contribution in [2.24, 2.45) is 0 Å². The molecule has 15 heavy (non-hydrogen) atoms. The Kier molecular flexibility index (Phi) is 2.64. The fourth-order valence-electron chi connectivity index (χ4n) is 1.48. The van der Waals surface area contributed by atoms with Crippen LogP contribution in [0.25, 0.3) is 0 Å². The van der Waals surface area contributed by atoms with Gasteiger partial charge in [0.2, 0.25) is 0 Å². The van der Waals surface area contributed by atoms with E-state index < -0.39 is 0 Å². The Morgan fingerprint density at radius 1 is 1.53 bits per heavy atom. The van der Waals surface area contributed by atoms with Crippen LogP contribution in [0.3, 0.4) is 0 Å². The molecule has 0 radical (unpaired) electrons. The third-order valence-corrected chi connectivity index (χ3v) is 2.65. The van der Waals surface area contributed by atoms with Gasteiger partial charge in [-0.15, -0.1) is 0 Å². The van der Waals surface area contributed by atoms with E-state index in [0.29, 0.717) is 11.7 Å². The van der Waals surface area contributed by atoms with Crippen LogP contribution in [-0.4, -0.2) is 26.9 Å². The molecule has 4 nitrogen and oxygen atoms in total. The number of aromatic nitrogens is 1. The van der Waals surface area contributed by atoms with Crippen LogP contribution in [0.2, 0.25) is 0 Å². The van der Waals surface area contributed by atoms with Crippen molar-refractivity contribution in [2.75, 3.05) is 0 Å². The average molecular weight is 221 g/mol. The average Bonchev–Trinajstić information content (AvgIpc) is 2.47. The second-order valence-corrected chi connectivity index (χ2v) is 3.84. The van der Waals surface area contributed by atoms with Gasteiger partial charge in [0.1, 0.15) is 6.04 Å². The van der Waals surface area contributed by atoms with Gasteiger partial charge in [0.25, 0.3) is 5.91 Å². The summed E-state index contributed by atoms with van der Waals surface area (Å²) in [6, 6.07) is 3.54. The van der Waals surface area contributed by atoms with Gasteiger partial charge in [0.05, 0.1) is 6.54 Å². The number of thiocarbonyl (C=S) groups is 1. The molecule has 1 amide bonds. The van der Waals surface area contributed by atoms with E-state index >= 15 is 0 Å². The predicted molar refractivity (Wildman–Crippen MR) is 60.0 cm³/mol. The molecule has 1 aromatic heterocycles. The van der Waals surface area contributed by atoms with Crippen LogP contribution < -0.4 is 5.32 Å². The molecular weight excluding hydrogens is 210 g/mol. The second kappa shape index (κ2) is 3.94. The number of nitrogens with zero attached hydrogens (tertiary/aromatic N) is 2. The SMILES string of the molecule is CC1NC(=S)N(Cc2ccncc2)C1=O. The zero-order valence-electron chi connectivity index (χ0n) is 8.30. The van der Waals surface area contributed by atoms with Crippen LogP contribution in [0.1, 0.15) is 12.5 Å². The van der Waals surface area contributed by atoms with Crippen LogP contribution >= 0.6 is 12.2 Å². The summed E-state index contributed by atoms with van der Waals surface area (Å²) in [6.45, 7) is 2.32. The first-order valence-corrected chi connectivity index (χ1v) is 5.10. The highest BCUT2D eigenvalue weighted by Gasteiger charge is 2.31. The molecule has 0 spiro atoms. The molecule has 2 heterocycles. The third-order valence-electron chi connectivity index (χ3n) is 2.31. The third kappa shape index (κ3) is 1.97. The van der Waals surface area contributed by atoms with Gasteiger partial charge in [-0.05, 0) is 36.8 Å². The van der Waals surface area contributed by atoms with Gasteiger partial charge >= 0.3 is 0 Å². The van der Waals surface area contributed by atoms with Gasteiger partial charge in [0.15, 0.2) is 5.11 Å². The predicted octanol–water partition coefficient (Wildman–Crippen LogP) is 0.687. The Balaban J connectivity index is 2.13. The van der Waals surface area contributed by atoms with E-state index in [1.165, 1.54) is 0 Å². The zero-order valence-corrected chi connectivity index (χ0v) is 9.12. The highest BCUT2D eigenvalue weighted by Crippen LogP contribution is 2.11. The van der Waals surface area contributed by atoms with E-state index in [2.05, 4.69) is 10.3 Å². The summed E-state index contributed by atoms with van der Waals surface area (Å²) in [4.78, 5) is 17.2. The fraction of sp³-hybridized carbons (Fsp3) is 0.300. The van der Waals surface area contributed by atoms with Crippen LogP contribution in [0.5, 0.6) is 0 Å². The van der Waals surface area contributed by atoms with Gasteiger partial charge in [-0.1, -0.05) is 0 Å². The Hall–Kier alpha value is -1.49. The van der Waals surface area contributed by atoms with Crippen molar-refractivity contribution in [3.63, 3.8) is 0 Å². The lowest BCUT2D eigenvalue weighted by Crippen LogP contribution is -2.30. The maximum absolute atomic E-state index is 11.7. The summed E-state index contributed by atoms with van der Waals surface area (Å²) in [7, 11) is 0. The normalized spacial score (nSPS) is 20.6. The van der Waals surface area contributed by atoms with Crippen LogP contribution in [0, 0.1) is 0 Å². The van der Waals surface area contributed by atoms with Gasteiger partial charge in [-0.3, -0.25) is 14.7 Å². The maximum atomic E-state index is 11.7. The van der Waals surface area contributed by atoms with E-state index in [0.717, 1.165) is 5.56 Å². The molecule has 0 saturated carbocycles. The molecule has 1 aliphatic heterocycles. The molecule has 1 unspecified atom stereocenters. The molecule has 5 heteroatoms. The summed E-state index contributed by atoms with van der Waals surface area (Å²) >= 11 is 5.07. The monoisotopic (exact) mass is 221 g/mol. The largest absolute Gasteiger partial charge is 0.351 e. The Morgan fingerprint density at radius 2 is 2.20 bits per heavy atom. The molecule has 78 valence electrons. The minimum absolute atomic E-state index is 0.0248. The van der Waals surface area contributed by atoms with E-state index in [4.69, 9.17) is 12.2 Å². The van der Waals surface area contributed by atoms with Crippen molar-refractivity contribution in [1.29, 1.82) is 0 Å². The Labute approximate surface area is 93.3 Å². The van der Waals surface area contributed by atoms with E-state index in [1.54, 1.807) is 24.2 Å². The number of hydrogen-bond acceptors (Lipinski definition) is 3. The smallest absolute Gasteiger partial charge is 0.251 e. The molecule has 2 rings (SSSR count). The first-order valence-electron chi connectivity index (χ1n) is 4.69. The van der Waals surface area contributed by atoms with Crippen molar-refractivity contribution >= 4 is 23.2 Å². The number of pyridine rings is 1. The van der Waals surface area contributed by atoms with Gasteiger partial charge < -0.3 is 5.32 Å². The number of carbonyl (C=O) groups is 1. The second-order valence-electron chi connectivity index (χ2n) is 3.45. The van der Waals surface area contributed by atoms with E-state index in [1.807, 2.05) is 12.1 Å². The highest BCUT2D eigenvalue weighted by atomic mass is 32.1.